The molecule has 152 valence electrons. The first kappa shape index (κ1) is 19.9. The molecule has 1 aliphatic heterocycles. The Morgan fingerprint density at radius 1 is 1.18 bits per heavy atom. The summed E-state index contributed by atoms with van der Waals surface area (Å²) in [7, 11) is 1.69. The topological polar surface area (TPSA) is 104 Å². The van der Waals surface area contributed by atoms with Crippen molar-refractivity contribution in [2.75, 3.05) is 49.7 Å². The molecule has 1 N–H and O–H groups in total. The zero-order valence-electron chi connectivity index (χ0n) is 16.5. The second-order valence-corrected chi connectivity index (χ2v) is 6.23. The van der Waals surface area contributed by atoms with Crippen LogP contribution in [0.3, 0.4) is 0 Å². The molecule has 1 saturated heterocycles. The highest BCUT2D eigenvalue weighted by molar-refractivity contribution is 5.94. The monoisotopic (exact) mass is 390 g/mol. The molecule has 28 heavy (non-hydrogen) atoms. The number of benzene rings is 1. The largest absolute Gasteiger partial charge is 0.492 e. The maximum Gasteiger partial charge on any atom is 0.232 e. The summed E-state index contributed by atoms with van der Waals surface area (Å²) in [6, 6.07) is 3.73. The molecule has 2 aromatic rings. The lowest BCUT2D eigenvalue weighted by Gasteiger charge is -2.31. The predicted molar refractivity (Wildman–Crippen MR) is 103 cm³/mol. The highest BCUT2D eigenvalue weighted by Gasteiger charge is 2.21. The van der Waals surface area contributed by atoms with Gasteiger partial charge < -0.3 is 24.4 Å². The lowest BCUT2D eigenvalue weighted by Crippen LogP contribution is -2.36. The van der Waals surface area contributed by atoms with Gasteiger partial charge in [-0.3, -0.25) is 4.79 Å². The third-order valence-electron chi connectivity index (χ3n) is 4.31. The number of aryl methyl sites for hydroxylation is 1. The van der Waals surface area contributed by atoms with Crippen molar-refractivity contribution >= 4 is 17.3 Å². The van der Waals surface area contributed by atoms with E-state index < -0.39 is 0 Å². The number of carbonyl (C=O) groups excluding carboxylic acids is 1. The molecule has 1 aliphatic rings. The fourth-order valence-corrected chi connectivity index (χ4v) is 2.98. The van der Waals surface area contributed by atoms with Gasteiger partial charge in [-0.15, -0.1) is 5.10 Å². The Bertz CT molecular complexity index is 803. The van der Waals surface area contributed by atoms with E-state index in [1.54, 1.807) is 7.05 Å². The van der Waals surface area contributed by atoms with Crippen LogP contribution >= 0.6 is 0 Å². The predicted octanol–water partition coefficient (Wildman–Crippen LogP) is 1.03. The van der Waals surface area contributed by atoms with Crippen molar-refractivity contribution in [3.05, 3.63) is 18.0 Å². The van der Waals surface area contributed by atoms with Gasteiger partial charge in [-0.05, 0) is 24.3 Å². The number of anilines is 2. The van der Waals surface area contributed by atoms with Crippen molar-refractivity contribution in [1.29, 1.82) is 0 Å². The van der Waals surface area contributed by atoms with Crippen LogP contribution in [-0.4, -0.2) is 65.6 Å². The van der Waals surface area contributed by atoms with E-state index in [-0.39, 0.29) is 12.3 Å². The number of morpholine rings is 1. The number of nitrogens with one attached hydrogen (secondary N) is 1. The molecule has 1 aromatic carbocycles. The Balaban J connectivity index is 1.86. The van der Waals surface area contributed by atoms with E-state index in [1.165, 1.54) is 4.68 Å². The SMILES string of the molecule is CCOc1cc(N2CCOCC2)c(OCC)cc1NC(=O)Cc1nnnn1C. The summed E-state index contributed by atoms with van der Waals surface area (Å²) in [6.07, 6.45) is 0.0598. The van der Waals surface area contributed by atoms with Crippen LogP contribution in [0.25, 0.3) is 0 Å². The first-order valence-electron chi connectivity index (χ1n) is 9.39. The fraction of sp³-hybridized carbons (Fsp3) is 0.556. The Morgan fingerprint density at radius 2 is 1.89 bits per heavy atom. The van der Waals surface area contributed by atoms with Crippen molar-refractivity contribution < 1.29 is 19.0 Å². The quantitative estimate of drug-likeness (QED) is 0.713. The van der Waals surface area contributed by atoms with E-state index in [0.29, 0.717) is 49.4 Å². The number of hydrogen-bond acceptors (Lipinski definition) is 8. The Morgan fingerprint density at radius 3 is 2.54 bits per heavy atom. The van der Waals surface area contributed by atoms with Crippen molar-refractivity contribution in [3.63, 3.8) is 0 Å². The minimum absolute atomic E-state index is 0.0598. The Hall–Kier alpha value is -2.88. The second kappa shape index (κ2) is 9.36. The summed E-state index contributed by atoms with van der Waals surface area (Å²) in [5.74, 6) is 1.53. The van der Waals surface area contributed by atoms with E-state index in [1.807, 2.05) is 26.0 Å². The summed E-state index contributed by atoms with van der Waals surface area (Å²) in [5.41, 5.74) is 1.49. The molecule has 10 nitrogen and oxygen atoms in total. The molecule has 2 heterocycles. The van der Waals surface area contributed by atoms with Crippen LogP contribution in [0.1, 0.15) is 19.7 Å². The number of rotatable bonds is 8. The lowest BCUT2D eigenvalue weighted by molar-refractivity contribution is -0.115. The zero-order chi connectivity index (χ0) is 19.9. The van der Waals surface area contributed by atoms with Crippen LogP contribution in [0.4, 0.5) is 11.4 Å². The highest BCUT2D eigenvalue weighted by Crippen LogP contribution is 2.39. The van der Waals surface area contributed by atoms with Gasteiger partial charge in [0.1, 0.15) is 11.5 Å². The molecule has 0 saturated carbocycles. The Labute approximate surface area is 163 Å². The number of aromatic nitrogens is 4. The van der Waals surface area contributed by atoms with Crippen molar-refractivity contribution in [3.8, 4) is 11.5 Å². The summed E-state index contributed by atoms with van der Waals surface area (Å²) in [5, 5.41) is 14.0. The van der Waals surface area contributed by atoms with Crippen molar-refractivity contribution in [1.82, 2.24) is 20.2 Å². The molecule has 10 heteroatoms. The molecule has 1 amide bonds. The van der Waals surface area contributed by atoms with E-state index >= 15 is 0 Å². The summed E-state index contributed by atoms with van der Waals surface area (Å²) >= 11 is 0. The molecule has 0 unspecified atom stereocenters. The highest BCUT2D eigenvalue weighted by atomic mass is 16.5. The molecule has 0 radical (unpaired) electrons. The maximum atomic E-state index is 12.5. The van der Waals surface area contributed by atoms with E-state index in [2.05, 4.69) is 25.7 Å². The molecule has 1 fully saturated rings. The molecule has 0 aliphatic carbocycles. The number of carbonyl (C=O) groups is 1. The lowest BCUT2D eigenvalue weighted by atomic mass is 10.2. The number of ether oxygens (including phenoxy) is 3. The minimum Gasteiger partial charge on any atom is -0.492 e. The van der Waals surface area contributed by atoms with Crippen LogP contribution < -0.4 is 19.7 Å². The average molecular weight is 390 g/mol. The van der Waals surface area contributed by atoms with Gasteiger partial charge >= 0.3 is 0 Å². The molecule has 0 spiro atoms. The third-order valence-corrected chi connectivity index (χ3v) is 4.31. The van der Waals surface area contributed by atoms with Crippen molar-refractivity contribution in [2.45, 2.75) is 20.3 Å². The van der Waals surface area contributed by atoms with Gasteiger partial charge in [0.05, 0.1) is 44.2 Å². The van der Waals surface area contributed by atoms with Gasteiger partial charge in [-0.2, -0.15) is 0 Å². The molecule has 1 aromatic heterocycles. The van der Waals surface area contributed by atoms with Crippen molar-refractivity contribution in [2.24, 2.45) is 7.05 Å². The summed E-state index contributed by atoms with van der Waals surface area (Å²) < 4.78 is 18.5. The van der Waals surface area contributed by atoms with Crippen LogP contribution in [0.5, 0.6) is 11.5 Å². The van der Waals surface area contributed by atoms with Gasteiger partial charge in [-0.25, -0.2) is 4.68 Å². The van der Waals surface area contributed by atoms with Gasteiger partial charge in [0.2, 0.25) is 5.91 Å². The second-order valence-electron chi connectivity index (χ2n) is 6.23. The molecular formula is C18H26N6O4. The minimum atomic E-state index is -0.236. The van der Waals surface area contributed by atoms with Crippen LogP contribution in [-0.2, 0) is 23.0 Å². The van der Waals surface area contributed by atoms with E-state index in [0.717, 1.165) is 18.8 Å². The summed E-state index contributed by atoms with van der Waals surface area (Å²) in [6.45, 7) is 7.71. The van der Waals surface area contributed by atoms with E-state index in [4.69, 9.17) is 14.2 Å². The number of hydrogen-bond donors (Lipinski definition) is 1. The molecule has 3 rings (SSSR count). The number of nitrogens with zero attached hydrogens (tertiary/aromatic N) is 5. The molecule has 0 atom stereocenters. The van der Waals surface area contributed by atoms with Gasteiger partial charge in [0.25, 0.3) is 0 Å². The molecule has 0 bridgehead atoms. The third kappa shape index (κ3) is 4.69. The van der Waals surface area contributed by atoms with Gasteiger partial charge in [-0.1, -0.05) is 0 Å². The zero-order valence-corrected chi connectivity index (χ0v) is 16.5. The first-order chi connectivity index (χ1) is 13.6. The average Bonchev–Trinajstić information content (AvgIpc) is 3.09. The van der Waals surface area contributed by atoms with Crippen LogP contribution in [0.15, 0.2) is 12.1 Å². The van der Waals surface area contributed by atoms with E-state index in [9.17, 15) is 4.79 Å². The normalized spacial score (nSPS) is 14.0. The van der Waals surface area contributed by atoms with Gasteiger partial charge in [0, 0.05) is 32.3 Å². The standard InChI is InChI=1S/C18H26N6O4/c1-4-27-15-11-14(24-6-8-26-9-7-24)16(28-5-2)10-13(15)19-18(25)12-17-20-21-22-23(17)3/h10-11H,4-9,12H2,1-3H3,(H,19,25). The summed E-state index contributed by atoms with van der Waals surface area (Å²) in [4.78, 5) is 14.7. The number of amides is 1. The Kier molecular flexibility index (Phi) is 6.64. The smallest absolute Gasteiger partial charge is 0.232 e. The maximum absolute atomic E-state index is 12.5. The molecular weight excluding hydrogens is 364 g/mol. The van der Waals surface area contributed by atoms with Crippen LogP contribution in [0.2, 0.25) is 0 Å². The van der Waals surface area contributed by atoms with Gasteiger partial charge in [0.15, 0.2) is 5.82 Å². The number of tetrazole rings is 1. The first-order valence-corrected chi connectivity index (χ1v) is 9.39. The van der Waals surface area contributed by atoms with Crippen LogP contribution in [0, 0.1) is 0 Å². The fourth-order valence-electron chi connectivity index (χ4n) is 2.98.